The van der Waals surface area contributed by atoms with Gasteiger partial charge in [0.1, 0.15) is 12.3 Å². The standard InChI is InChI=1S/C20H22N6O3/c1-3-13-8-4-5-9-14(13)23-20(28)18-19(21)26(25-24-18)12-17(27)22-15-10-6-7-11-16(15)29-2/h4-11H,3,12,21H2,1-2H3,(H,22,27)(H,23,28). The number of anilines is 3. The number of amides is 2. The third kappa shape index (κ3) is 4.52. The summed E-state index contributed by atoms with van der Waals surface area (Å²) in [6, 6.07) is 14.5. The first kappa shape index (κ1) is 19.9. The normalized spacial score (nSPS) is 10.4. The molecule has 0 atom stereocenters. The van der Waals surface area contributed by atoms with Crippen LogP contribution in [0.2, 0.25) is 0 Å². The van der Waals surface area contributed by atoms with Gasteiger partial charge in [0.2, 0.25) is 5.91 Å². The Morgan fingerprint density at radius 2 is 1.76 bits per heavy atom. The molecule has 2 amide bonds. The number of hydrogen-bond acceptors (Lipinski definition) is 6. The quantitative estimate of drug-likeness (QED) is 0.565. The average molecular weight is 394 g/mol. The minimum Gasteiger partial charge on any atom is -0.495 e. The molecule has 0 aliphatic heterocycles. The highest BCUT2D eigenvalue weighted by Crippen LogP contribution is 2.23. The van der Waals surface area contributed by atoms with Crippen LogP contribution >= 0.6 is 0 Å². The van der Waals surface area contributed by atoms with E-state index in [0.29, 0.717) is 17.1 Å². The number of nitrogens with zero attached hydrogens (tertiary/aromatic N) is 3. The molecule has 0 saturated heterocycles. The number of nitrogens with two attached hydrogens (primary N) is 1. The molecule has 150 valence electrons. The lowest BCUT2D eigenvalue weighted by atomic mass is 10.1. The van der Waals surface area contributed by atoms with Gasteiger partial charge in [0.15, 0.2) is 11.5 Å². The number of nitrogens with one attached hydrogen (secondary N) is 2. The van der Waals surface area contributed by atoms with Crippen LogP contribution in [0, 0.1) is 0 Å². The summed E-state index contributed by atoms with van der Waals surface area (Å²) < 4.78 is 6.38. The number of carbonyl (C=O) groups is 2. The molecule has 1 aromatic heterocycles. The Labute approximate surface area is 167 Å². The van der Waals surface area contributed by atoms with Crippen LogP contribution in [0.5, 0.6) is 5.75 Å². The number of ether oxygens (including phenoxy) is 1. The zero-order valence-electron chi connectivity index (χ0n) is 16.2. The molecule has 3 aromatic rings. The number of carbonyl (C=O) groups excluding carboxylic acids is 2. The third-order valence-electron chi connectivity index (χ3n) is 4.31. The molecule has 0 spiro atoms. The van der Waals surface area contributed by atoms with Gasteiger partial charge in [0, 0.05) is 5.69 Å². The maximum atomic E-state index is 12.6. The van der Waals surface area contributed by atoms with Crippen molar-refractivity contribution in [3.05, 3.63) is 59.8 Å². The van der Waals surface area contributed by atoms with Crippen LogP contribution in [0.1, 0.15) is 23.0 Å². The van der Waals surface area contributed by atoms with Gasteiger partial charge in [-0.25, -0.2) is 4.68 Å². The van der Waals surface area contributed by atoms with E-state index < -0.39 is 5.91 Å². The van der Waals surface area contributed by atoms with E-state index >= 15 is 0 Å². The largest absolute Gasteiger partial charge is 0.495 e. The summed E-state index contributed by atoms with van der Waals surface area (Å²) in [6.07, 6.45) is 0.766. The number of aryl methyl sites for hydroxylation is 1. The zero-order chi connectivity index (χ0) is 20.8. The van der Waals surface area contributed by atoms with E-state index in [1.165, 1.54) is 11.8 Å². The zero-order valence-corrected chi connectivity index (χ0v) is 16.2. The van der Waals surface area contributed by atoms with Crippen molar-refractivity contribution >= 4 is 29.0 Å². The molecule has 0 aliphatic rings. The second-order valence-corrected chi connectivity index (χ2v) is 6.19. The van der Waals surface area contributed by atoms with E-state index in [2.05, 4.69) is 20.9 Å². The summed E-state index contributed by atoms with van der Waals surface area (Å²) in [4.78, 5) is 24.9. The Hall–Kier alpha value is -3.88. The fourth-order valence-corrected chi connectivity index (χ4v) is 2.80. The fraction of sp³-hybridized carbons (Fsp3) is 0.200. The van der Waals surface area contributed by atoms with Crippen molar-refractivity contribution in [3.63, 3.8) is 0 Å². The summed E-state index contributed by atoms with van der Waals surface area (Å²) in [6.45, 7) is 1.80. The first-order valence-electron chi connectivity index (χ1n) is 9.04. The number of nitrogen functional groups attached to an aromatic ring is 1. The highest BCUT2D eigenvalue weighted by Gasteiger charge is 2.20. The second kappa shape index (κ2) is 8.87. The van der Waals surface area contributed by atoms with Crippen molar-refractivity contribution in [2.24, 2.45) is 0 Å². The van der Waals surface area contributed by atoms with Gasteiger partial charge in [0.05, 0.1) is 12.8 Å². The van der Waals surface area contributed by atoms with Gasteiger partial charge in [0.25, 0.3) is 5.91 Å². The number of para-hydroxylation sites is 3. The van der Waals surface area contributed by atoms with Crippen molar-refractivity contribution in [3.8, 4) is 5.75 Å². The first-order chi connectivity index (χ1) is 14.0. The number of aromatic nitrogens is 3. The summed E-state index contributed by atoms with van der Waals surface area (Å²) in [5.74, 6) is -0.331. The van der Waals surface area contributed by atoms with E-state index in [4.69, 9.17) is 10.5 Å². The molecule has 0 radical (unpaired) electrons. The molecule has 0 unspecified atom stereocenters. The highest BCUT2D eigenvalue weighted by molar-refractivity contribution is 6.06. The maximum Gasteiger partial charge on any atom is 0.280 e. The fourth-order valence-electron chi connectivity index (χ4n) is 2.80. The molecule has 4 N–H and O–H groups in total. The van der Waals surface area contributed by atoms with Gasteiger partial charge in [-0.05, 0) is 30.2 Å². The van der Waals surface area contributed by atoms with E-state index in [-0.39, 0.29) is 24.0 Å². The van der Waals surface area contributed by atoms with Crippen molar-refractivity contribution in [2.45, 2.75) is 19.9 Å². The average Bonchev–Trinajstić information content (AvgIpc) is 3.09. The molecule has 2 aromatic carbocycles. The molecule has 9 nitrogen and oxygen atoms in total. The second-order valence-electron chi connectivity index (χ2n) is 6.19. The van der Waals surface area contributed by atoms with Crippen LogP contribution in [0.3, 0.4) is 0 Å². The van der Waals surface area contributed by atoms with Gasteiger partial charge in [-0.2, -0.15) is 0 Å². The van der Waals surface area contributed by atoms with Gasteiger partial charge in [-0.15, -0.1) is 5.10 Å². The van der Waals surface area contributed by atoms with Crippen molar-refractivity contribution in [1.29, 1.82) is 0 Å². The molecule has 9 heteroatoms. The monoisotopic (exact) mass is 394 g/mol. The Morgan fingerprint density at radius 1 is 1.07 bits per heavy atom. The summed E-state index contributed by atoms with van der Waals surface area (Å²) in [5.41, 5.74) is 8.15. The smallest absolute Gasteiger partial charge is 0.280 e. The Balaban J connectivity index is 1.70. The maximum absolute atomic E-state index is 12.6. The molecule has 0 saturated carbocycles. The van der Waals surface area contributed by atoms with Gasteiger partial charge < -0.3 is 21.1 Å². The van der Waals surface area contributed by atoms with Crippen LogP contribution in [-0.4, -0.2) is 33.9 Å². The van der Waals surface area contributed by atoms with Gasteiger partial charge >= 0.3 is 0 Å². The lowest BCUT2D eigenvalue weighted by Gasteiger charge is -2.10. The lowest BCUT2D eigenvalue weighted by Crippen LogP contribution is -2.21. The molecular weight excluding hydrogens is 372 g/mol. The minimum atomic E-state index is -0.486. The Bertz CT molecular complexity index is 1030. The predicted octanol–water partition coefficient (Wildman–Crippen LogP) is 2.32. The highest BCUT2D eigenvalue weighted by atomic mass is 16.5. The van der Waals surface area contributed by atoms with E-state index in [1.54, 1.807) is 30.3 Å². The Kier molecular flexibility index (Phi) is 6.08. The number of rotatable bonds is 7. The topological polar surface area (TPSA) is 124 Å². The molecule has 29 heavy (non-hydrogen) atoms. The molecule has 3 rings (SSSR count). The van der Waals surface area contributed by atoms with Crippen molar-refractivity contribution < 1.29 is 14.3 Å². The molecular formula is C20H22N6O3. The van der Waals surface area contributed by atoms with Crippen LogP contribution in [0.4, 0.5) is 17.2 Å². The van der Waals surface area contributed by atoms with Crippen LogP contribution < -0.4 is 21.1 Å². The number of benzene rings is 2. The van der Waals surface area contributed by atoms with E-state index in [9.17, 15) is 9.59 Å². The van der Waals surface area contributed by atoms with Crippen LogP contribution in [-0.2, 0) is 17.8 Å². The molecule has 0 bridgehead atoms. The molecule has 0 fully saturated rings. The van der Waals surface area contributed by atoms with Crippen LogP contribution in [0.15, 0.2) is 48.5 Å². The predicted molar refractivity (Wildman–Crippen MR) is 110 cm³/mol. The van der Waals surface area contributed by atoms with Crippen LogP contribution in [0.25, 0.3) is 0 Å². The SMILES string of the molecule is CCc1ccccc1NC(=O)c1nnn(CC(=O)Nc2ccccc2OC)c1N. The van der Waals surface area contributed by atoms with Gasteiger partial charge in [-0.1, -0.05) is 42.5 Å². The summed E-state index contributed by atoms with van der Waals surface area (Å²) in [5, 5.41) is 13.2. The first-order valence-corrected chi connectivity index (χ1v) is 9.04. The number of hydrogen-bond donors (Lipinski definition) is 3. The summed E-state index contributed by atoms with van der Waals surface area (Å²) in [7, 11) is 1.52. The lowest BCUT2D eigenvalue weighted by molar-refractivity contribution is -0.116. The summed E-state index contributed by atoms with van der Waals surface area (Å²) >= 11 is 0. The van der Waals surface area contributed by atoms with Crippen molar-refractivity contribution in [2.75, 3.05) is 23.5 Å². The third-order valence-corrected chi connectivity index (χ3v) is 4.31. The van der Waals surface area contributed by atoms with Crippen molar-refractivity contribution in [1.82, 2.24) is 15.0 Å². The Morgan fingerprint density at radius 3 is 2.48 bits per heavy atom. The molecule has 0 aliphatic carbocycles. The van der Waals surface area contributed by atoms with E-state index in [1.807, 2.05) is 25.1 Å². The van der Waals surface area contributed by atoms with Gasteiger partial charge in [-0.3, -0.25) is 9.59 Å². The number of methoxy groups -OCH3 is 1. The molecule has 1 heterocycles. The minimum absolute atomic E-state index is 0.00616. The van der Waals surface area contributed by atoms with E-state index in [0.717, 1.165) is 12.0 Å².